The molecule has 0 bridgehead atoms. The molecule has 1 aromatic carbocycles. The minimum Gasteiger partial charge on any atom is -0.496 e. The zero-order chi connectivity index (χ0) is 13.7. The number of aliphatic hydroxyl groups is 1. The van der Waals surface area contributed by atoms with E-state index in [1.165, 1.54) is 6.33 Å². The number of benzene rings is 1. The third-order valence-corrected chi connectivity index (χ3v) is 2.81. The standard InChI is InChI=1S/C14H16N2O3/c1-18-13-6-4-3-5-11(13)12(17)7-10-8-14(19-2)16-9-15-10/h3-6,8-9,12,17H,7H2,1-2H3. The van der Waals surface area contributed by atoms with Gasteiger partial charge in [-0.25, -0.2) is 9.97 Å². The number of ether oxygens (including phenoxy) is 2. The molecule has 0 amide bonds. The van der Waals surface area contributed by atoms with E-state index in [4.69, 9.17) is 9.47 Å². The molecular formula is C14H16N2O3. The zero-order valence-corrected chi connectivity index (χ0v) is 10.9. The van der Waals surface area contributed by atoms with E-state index in [9.17, 15) is 5.11 Å². The smallest absolute Gasteiger partial charge is 0.216 e. The molecule has 2 aromatic rings. The summed E-state index contributed by atoms with van der Waals surface area (Å²) in [6.45, 7) is 0. The molecule has 1 N–H and O–H groups in total. The SMILES string of the molecule is COc1cc(CC(O)c2ccccc2OC)ncn1. The van der Waals surface area contributed by atoms with Crippen molar-refractivity contribution in [2.24, 2.45) is 0 Å². The van der Waals surface area contributed by atoms with Crippen LogP contribution in [0.4, 0.5) is 0 Å². The van der Waals surface area contributed by atoms with E-state index < -0.39 is 6.10 Å². The maximum Gasteiger partial charge on any atom is 0.216 e. The molecule has 5 heteroatoms. The average molecular weight is 260 g/mol. The molecule has 0 aliphatic carbocycles. The second-order valence-corrected chi connectivity index (χ2v) is 4.01. The number of nitrogens with zero attached hydrogens (tertiary/aromatic N) is 2. The predicted octanol–water partition coefficient (Wildman–Crippen LogP) is 1.77. The Morgan fingerprint density at radius 1 is 1.16 bits per heavy atom. The summed E-state index contributed by atoms with van der Waals surface area (Å²) in [6.07, 6.45) is 1.11. The van der Waals surface area contributed by atoms with Crippen LogP contribution in [-0.4, -0.2) is 29.3 Å². The lowest BCUT2D eigenvalue weighted by Crippen LogP contribution is -2.06. The second kappa shape index (κ2) is 6.15. The maximum absolute atomic E-state index is 10.3. The highest BCUT2D eigenvalue weighted by atomic mass is 16.5. The Bertz CT molecular complexity index is 546. The number of hydrogen-bond donors (Lipinski definition) is 1. The summed E-state index contributed by atoms with van der Waals surface area (Å²) >= 11 is 0. The molecule has 0 spiro atoms. The van der Waals surface area contributed by atoms with E-state index in [1.807, 2.05) is 24.3 Å². The van der Waals surface area contributed by atoms with Crippen LogP contribution in [0.25, 0.3) is 0 Å². The van der Waals surface area contributed by atoms with Crippen molar-refractivity contribution in [2.45, 2.75) is 12.5 Å². The minimum absolute atomic E-state index is 0.374. The quantitative estimate of drug-likeness (QED) is 0.887. The molecule has 0 aliphatic rings. The Kier molecular flexibility index (Phi) is 4.30. The molecule has 0 fully saturated rings. The first-order chi connectivity index (χ1) is 9.24. The molecular weight excluding hydrogens is 244 g/mol. The molecule has 5 nitrogen and oxygen atoms in total. The summed E-state index contributed by atoms with van der Waals surface area (Å²) in [6, 6.07) is 9.09. The van der Waals surface area contributed by atoms with Gasteiger partial charge < -0.3 is 14.6 Å². The third kappa shape index (κ3) is 3.20. The molecule has 19 heavy (non-hydrogen) atoms. The van der Waals surface area contributed by atoms with Gasteiger partial charge in [0.25, 0.3) is 0 Å². The van der Waals surface area contributed by atoms with Gasteiger partial charge in [0, 0.05) is 18.1 Å². The molecule has 0 aliphatic heterocycles. The van der Waals surface area contributed by atoms with Crippen LogP contribution in [0.15, 0.2) is 36.7 Å². The van der Waals surface area contributed by atoms with Gasteiger partial charge in [0.1, 0.15) is 12.1 Å². The lowest BCUT2D eigenvalue weighted by Gasteiger charge is -2.14. The molecule has 1 heterocycles. The molecule has 1 aromatic heterocycles. The van der Waals surface area contributed by atoms with E-state index in [0.717, 1.165) is 5.56 Å². The maximum atomic E-state index is 10.3. The summed E-state index contributed by atoms with van der Waals surface area (Å²) in [5.41, 5.74) is 1.45. The van der Waals surface area contributed by atoms with Gasteiger partial charge in [-0.15, -0.1) is 0 Å². The van der Waals surface area contributed by atoms with Crippen molar-refractivity contribution >= 4 is 0 Å². The largest absolute Gasteiger partial charge is 0.496 e. The topological polar surface area (TPSA) is 64.5 Å². The number of aliphatic hydroxyl groups excluding tert-OH is 1. The van der Waals surface area contributed by atoms with Gasteiger partial charge in [0.15, 0.2) is 0 Å². The van der Waals surface area contributed by atoms with Crippen LogP contribution >= 0.6 is 0 Å². The van der Waals surface area contributed by atoms with E-state index in [2.05, 4.69) is 9.97 Å². The number of rotatable bonds is 5. The fourth-order valence-electron chi connectivity index (χ4n) is 1.85. The number of aromatic nitrogens is 2. The van der Waals surface area contributed by atoms with E-state index in [1.54, 1.807) is 20.3 Å². The Morgan fingerprint density at radius 2 is 1.95 bits per heavy atom. The van der Waals surface area contributed by atoms with Crippen LogP contribution in [0.2, 0.25) is 0 Å². The summed E-state index contributed by atoms with van der Waals surface area (Å²) in [4.78, 5) is 8.05. The van der Waals surface area contributed by atoms with Crippen molar-refractivity contribution in [3.8, 4) is 11.6 Å². The van der Waals surface area contributed by atoms with Crippen LogP contribution in [0.5, 0.6) is 11.6 Å². The number of para-hydroxylation sites is 1. The highest BCUT2D eigenvalue weighted by Crippen LogP contribution is 2.27. The first-order valence-electron chi connectivity index (χ1n) is 5.90. The highest BCUT2D eigenvalue weighted by molar-refractivity contribution is 5.35. The van der Waals surface area contributed by atoms with Gasteiger partial charge >= 0.3 is 0 Å². The van der Waals surface area contributed by atoms with Crippen molar-refractivity contribution in [2.75, 3.05) is 14.2 Å². The first kappa shape index (κ1) is 13.3. The zero-order valence-electron chi connectivity index (χ0n) is 10.9. The lowest BCUT2D eigenvalue weighted by molar-refractivity contribution is 0.172. The molecule has 1 unspecified atom stereocenters. The Hall–Kier alpha value is -2.14. The second-order valence-electron chi connectivity index (χ2n) is 4.01. The average Bonchev–Trinajstić information content (AvgIpc) is 2.47. The molecule has 100 valence electrons. The van der Waals surface area contributed by atoms with E-state index in [0.29, 0.717) is 23.7 Å². The van der Waals surface area contributed by atoms with Gasteiger partial charge in [-0.05, 0) is 6.07 Å². The number of methoxy groups -OCH3 is 2. The van der Waals surface area contributed by atoms with Crippen LogP contribution < -0.4 is 9.47 Å². The van der Waals surface area contributed by atoms with Crippen LogP contribution in [0, 0.1) is 0 Å². The summed E-state index contributed by atoms with van der Waals surface area (Å²) in [5, 5.41) is 10.3. The van der Waals surface area contributed by atoms with Crippen LogP contribution in [-0.2, 0) is 6.42 Å². The van der Waals surface area contributed by atoms with Gasteiger partial charge in [-0.1, -0.05) is 18.2 Å². The van der Waals surface area contributed by atoms with Crippen molar-refractivity contribution in [1.82, 2.24) is 9.97 Å². The van der Waals surface area contributed by atoms with Crippen molar-refractivity contribution in [3.05, 3.63) is 47.9 Å². The lowest BCUT2D eigenvalue weighted by atomic mass is 10.0. The Labute approximate surface area is 111 Å². The van der Waals surface area contributed by atoms with Gasteiger partial charge in [-0.3, -0.25) is 0 Å². The van der Waals surface area contributed by atoms with Gasteiger partial charge in [0.2, 0.25) is 5.88 Å². The van der Waals surface area contributed by atoms with Crippen LogP contribution in [0.1, 0.15) is 17.4 Å². The van der Waals surface area contributed by atoms with Gasteiger partial charge in [-0.2, -0.15) is 0 Å². The fourth-order valence-corrected chi connectivity index (χ4v) is 1.85. The van der Waals surface area contributed by atoms with Gasteiger partial charge in [0.05, 0.1) is 26.0 Å². The summed E-state index contributed by atoms with van der Waals surface area (Å²) in [5.74, 6) is 1.15. The minimum atomic E-state index is -0.684. The van der Waals surface area contributed by atoms with Crippen molar-refractivity contribution < 1.29 is 14.6 Å². The molecule has 0 saturated carbocycles. The summed E-state index contributed by atoms with van der Waals surface area (Å²) in [7, 11) is 3.13. The third-order valence-electron chi connectivity index (χ3n) is 2.81. The fraction of sp³-hybridized carbons (Fsp3) is 0.286. The highest BCUT2D eigenvalue weighted by Gasteiger charge is 2.14. The van der Waals surface area contributed by atoms with Crippen molar-refractivity contribution in [1.29, 1.82) is 0 Å². The Morgan fingerprint density at radius 3 is 2.68 bits per heavy atom. The normalized spacial score (nSPS) is 11.9. The first-order valence-corrected chi connectivity index (χ1v) is 5.90. The monoisotopic (exact) mass is 260 g/mol. The molecule has 0 saturated heterocycles. The van der Waals surface area contributed by atoms with E-state index in [-0.39, 0.29) is 0 Å². The van der Waals surface area contributed by atoms with E-state index >= 15 is 0 Å². The Balaban J connectivity index is 2.18. The molecule has 2 rings (SSSR count). The predicted molar refractivity (Wildman–Crippen MR) is 70.2 cm³/mol. The molecule has 1 atom stereocenters. The van der Waals surface area contributed by atoms with Crippen molar-refractivity contribution in [3.63, 3.8) is 0 Å². The number of hydrogen-bond acceptors (Lipinski definition) is 5. The molecule has 0 radical (unpaired) electrons. The van der Waals surface area contributed by atoms with Crippen LogP contribution in [0.3, 0.4) is 0 Å². The summed E-state index contributed by atoms with van der Waals surface area (Å²) < 4.78 is 10.3.